The van der Waals surface area contributed by atoms with Gasteiger partial charge in [0.05, 0.1) is 0 Å². The first-order valence-electron chi connectivity index (χ1n) is 2.16. The first kappa shape index (κ1) is 8.41. The van der Waals surface area contributed by atoms with Crippen molar-refractivity contribution in [3.8, 4) is 0 Å². The van der Waals surface area contributed by atoms with E-state index in [-0.39, 0.29) is 0 Å². The van der Waals surface area contributed by atoms with Gasteiger partial charge in [-0.3, -0.25) is 0 Å². The molecule has 0 bridgehead atoms. The number of rotatable bonds is 0. The number of hydrogen-bond donors (Lipinski definition) is 1. The summed E-state index contributed by atoms with van der Waals surface area (Å²) in [5, 5.41) is 7.83. The van der Waals surface area contributed by atoms with Gasteiger partial charge in [0, 0.05) is 6.92 Å². The number of hydrogen-bond acceptors (Lipinski definition) is 5. The van der Waals surface area contributed by atoms with E-state index in [1.54, 1.807) is 0 Å². The predicted molar refractivity (Wildman–Crippen MR) is 25.5 cm³/mol. The lowest BCUT2D eigenvalue weighted by Crippen LogP contribution is -2.17. The molecule has 0 amide bonds. The summed E-state index contributed by atoms with van der Waals surface area (Å²) in [7, 11) is 0. The van der Waals surface area contributed by atoms with Crippen LogP contribution < -0.4 is 0 Å². The molecule has 0 aliphatic heterocycles. The second kappa shape index (κ2) is 3.44. The van der Waals surface area contributed by atoms with Crippen molar-refractivity contribution in [2.24, 2.45) is 0 Å². The van der Waals surface area contributed by atoms with E-state index < -0.39 is 17.9 Å². The van der Waals surface area contributed by atoms with Crippen LogP contribution in [0, 0.1) is 0 Å². The highest BCUT2D eigenvalue weighted by molar-refractivity contribution is 6.28. The van der Waals surface area contributed by atoms with E-state index in [2.05, 4.69) is 9.78 Å². The van der Waals surface area contributed by atoms with E-state index in [0.29, 0.717) is 0 Å². The molecule has 0 saturated carbocycles. The summed E-state index contributed by atoms with van der Waals surface area (Å²) in [5.74, 6) is -4.34. The number of carbonyl (C=O) groups is 3. The largest absolute Gasteiger partial charge is 0.473 e. The van der Waals surface area contributed by atoms with Crippen LogP contribution in [0.25, 0.3) is 0 Å². The van der Waals surface area contributed by atoms with Crippen LogP contribution in [0.3, 0.4) is 0 Å². The van der Waals surface area contributed by atoms with Gasteiger partial charge in [-0.25, -0.2) is 24.2 Å². The lowest BCUT2D eigenvalue weighted by Gasteiger charge is -1.94. The Morgan fingerprint density at radius 1 is 1.20 bits per heavy atom. The minimum absolute atomic E-state index is 0.894. The molecule has 0 unspecified atom stereocenters. The Kier molecular flexibility index (Phi) is 2.89. The molecule has 0 heterocycles. The van der Waals surface area contributed by atoms with Crippen LogP contribution >= 0.6 is 0 Å². The zero-order valence-electron chi connectivity index (χ0n) is 4.99. The minimum atomic E-state index is -1.82. The van der Waals surface area contributed by atoms with E-state index in [1.807, 2.05) is 0 Å². The molecule has 0 aromatic carbocycles. The van der Waals surface area contributed by atoms with E-state index >= 15 is 0 Å². The number of carboxylic acid groups (broad SMARTS) is 1. The summed E-state index contributed by atoms with van der Waals surface area (Å²) in [4.78, 5) is 36.5. The molecule has 0 aliphatic rings. The Bertz CT molecular complexity index is 171. The topological polar surface area (TPSA) is 89.9 Å². The quantitative estimate of drug-likeness (QED) is 0.272. The Morgan fingerprint density at radius 2 is 1.70 bits per heavy atom. The maximum atomic E-state index is 9.95. The van der Waals surface area contributed by atoms with Gasteiger partial charge in [0.2, 0.25) is 0 Å². The normalized spacial score (nSPS) is 8.10. The van der Waals surface area contributed by atoms with Crippen LogP contribution in [0.15, 0.2) is 0 Å². The molecular formula is C4H4O6. The predicted octanol–water partition coefficient (Wildman–Crippen LogP) is -0.908. The fourth-order valence-corrected chi connectivity index (χ4v) is 0.132. The van der Waals surface area contributed by atoms with Gasteiger partial charge < -0.3 is 5.11 Å². The maximum absolute atomic E-state index is 9.95. The SMILES string of the molecule is CC(=O)OOC(=O)C(=O)O. The first-order valence-corrected chi connectivity index (χ1v) is 2.16. The fourth-order valence-electron chi connectivity index (χ4n) is 0.132. The van der Waals surface area contributed by atoms with Gasteiger partial charge in [-0.1, -0.05) is 0 Å². The zero-order chi connectivity index (χ0) is 8.15. The van der Waals surface area contributed by atoms with Crippen molar-refractivity contribution < 1.29 is 29.3 Å². The van der Waals surface area contributed by atoms with Crippen molar-refractivity contribution in [1.29, 1.82) is 0 Å². The molecule has 6 heteroatoms. The Morgan fingerprint density at radius 3 is 2.00 bits per heavy atom. The van der Waals surface area contributed by atoms with Gasteiger partial charge in [-0.2, -0.15) is 0 Å². The van der Waals surface area contributed by atoms with E-state index in [4.69, 9.17) is 5.11 Å². The van der Waals surface area contributed by atoms with E-state index in [0.717, 1.165) is 6.92 Å². The highest BCUT2D eigenvalue weighted by Gasteiger charge is 2.15. The van der Waals surface area contributed by atoms with Gasteiger partial charge in [0.15, 0.2) is 0 Å². The molecule has 10 heavy (non-hydrogen) atoms. The van der Waals surface area contributed by atoms with Crippen LogP contribution in [0.1, 0.15) is 6.92 Å². The molecule has 1 N–H and O–H groups in total. The lowest BCUT2D eigenvalue weighted by molar-refractivity contribution is -0.257. The summed E-state index contributed by atoms with van der Waals surface area (Å²) < 4.78 is 0. The second-order valence-corrected chi connectivity index (χ2v) is 1.25. The molecule has 0 rings (SSSR count). The highest BCUT2D eigenvalue weighted by atomic mass is 17.2. The van der Waals surface area contributed by atoms with Crippen LogP contribution in [0.4, 0.5) is 0 Å². The molecule has 0 aromatic rings. The maximum Gasteiger partial charge on any atom is 0.462 e. The van der Waals surface area contributed by atoms with Crippen LogP contribution in [-0.4, -0.2) is 23.0 Å². The van der Waals surface area contributed by atoms with Crippen molar-refractivity contribution in [1.82, 2.24) is 0 Å². The van der Waals surface area contributed by atoms with Crippen LogP contribution in [0.5, 0.6) is 0 Å². The van der Waals surface area contributed by atoms with Crippen molar-refractivity contribution in [3.05, 3.63) is 0 Å². The molecule has 0 aliphatic carbocycles. The van der Waals surface area contributed by atoms with Gasteiger partial charge in [-0.05, 0) is 0 Å². The van der Waals surface area contributed by atoms with E-state index in [9.17, 15) is 14.4 Å². The monoisotopic (exact) mass is 148 g/mol. The molecular weight excluding hydrogens is 144 g/mol. The molecule has 0 saturated heterocycles. The number of aliphatic carboxylic acids is 1. The molecule has 56 valence electrons. The molecule has 0 atom stereocenters. The molecule has 0 spiro atoms. The van der Waals surface area contributed by atoms with Crippen molar-refractivity contribution in [2.45, 2.75) is 6.92 Å². The van der Waals surface area contributed by atoms with Gasteiger partial charge in [-0.15, -0.1) is 0 Å². The molecule has 6 nitrogen and oxygen atoms in total. The van der Waals surface area contributed by atoms with Crippen molar-refractivity contribution in [3.63, 3.8) is 0 Å². The smallest absolute Gasteiger partial charge is 0.462 e. The third-order valence-electron chi connectivity index (χ3n) is 0.409. The Balaban J connectivity index is 3.60. The minimum Gasteiger partial charge on any atom is -0.473 e. The summed E-state index contributed by atoms with van der Waals surface area (Å²) in [6, 6.07) is 0. The highest BCUT2D eigenvalue weighted by Crippen LogP contribution is 1.81. The average Bonchev–Trinajstić information content (AvgIpc) is 1.82. The molecule has 0 fully saturated rings. The Hall–Kier alpha value is -1.59. The van der Waals surface area contributed by atoms with Crippen LogP contribution in [-0.2, 0) is 24.2 Å². The summed E-state index contributed by atoms with van der Waals surface area (Å²) in [6.07, 6.45) is 0. The summed E-state index contributed by atoms with van der Waals surface area (Å²) in [6.45, 7) is 0.967. The number of carbonyl (C=O) groups excluding carboxylic acids is 2. The molecule has 0 aromatic heterocycles. The summed E-state index contributed by atoms with van der Waals surface area (Å²) in [5.41, 5.74) is 0. The second-order valence-electron chi connectivity index (χ2n) is 1.25. The lowest BCUT2D eigenvalue weighted by atomic mass is 10.7. The van der Waals surface area contributed by atoms with Gasteiger partial charge in [0.1, 0.15) is 0 Å². The third kappa shape index (κ3) is 3.42. The fraction of sp³-hybridized carbons (Fsp3) is 0.250. The van der Waals surface area contributed by atoms with Crippen LogP contribution in [0.2, 0.25) is 0 Å². The molecule has 0 radical (unpaired) electrons. The van der Waals surface area contributed by atoms with Crippen molar-refractivity contribution in [2.75, 3.05) is 0 Å². The van der Waals surface area contributed by atoms with Gasteiger partial charge in [0.25, 0.3) is 0 Å². The van der Waals surface area contributed by atoms with E-state index in [1.165, 1.54) is 0 Å². The van der Waals surface area contributed by atoms with Gasteiger partial charge >= 0.3 is 17.9 Å². The average molecular weight is 148 g/mol. The first-order chi connectivity index (χ1) is 4.54. The standard InChI is InChI=1S/C4H4O6/c1-2(5)9-10-4(8)3(6)7/h1H3,(H,6,7). The van der Waals surface area contributed by atoms with Crippen molar-refractivity contribution >= 4 is 17.9 Å². The Labute approximate surface area is 55.3 Å². The number of carboxylic acids is 1. The third-order valence-corrected chi connectivity index (χ3v) is 0.409. The zero-order valence-corrected chi connectivity index (χ0v) is 4.99. The summed E-state index contributed by atoms with van der Waals surface area (Å²) >= 11 is 0.